The number of hydrogen-bond acceptors (Lipinski definition) is 4. The summed E-state index contributed by atoms with van der Waals surface area (Å²) in [6.45, 7) is 6.22. The lowest BCUT2D eigenvalue weighted by molar-refractivity contribution is -0.159. The third-order valence-electron chi connectivity index (χ3n) is 6.88. The Hall–Kier alpha value is -1.43. The first-order valence-corrected chi connectivity index (χ1v) is 10.6. The Kier molecular flexibility index (Phi) is 5.53. The largest absolute Gasteiger partial charge is 0.379 e. The molecule has 0 aliphatic carbocycles. The summed E-state index contributed by atoms with van der Waals surface area (Å²) in [6, 6.07) is 10.3. The summed E-state index contributed by atoms with van der Waals surface area (Å²) in [7, 11) is 0. The van der Waals surface area contributed by atoms with Crippen molar-refractivity contribution in [2.75, 3.05) is 45.8 Å². The van der Waals surface area contributed by atoms with Gasteiger partial charge in [0.15, 0.2) is 5.60 Å². The molecule has 27 heavy (non-hydrogen) atoms. The lowest BCUT2D eigenvalue weighted by Crippen LogP contribution is -2.58. The SMILES string of the molecule is O=C1N(CCc2ccccc2)CCC[C@]1(O)CN1CCC2(CCNCC2)C1. The van der Waals surface area contributed by atoms with E-state index in [4.69, 9.17) is 0 Å². The van der Waals surface area contributed by atoms with Crippen molar-refractivity contribution in [1.29, 1.82) is 0 Å². The van der Waals surface area contributed by atoms with Crippen LogP contribution in [0.3, 0.4) is 0 Å². The first-order chi connectivity index (χ1) is 13.1. The molecule has 1 atom stereocenters. The van der Waals surface area contributed by atoms with Gasteiger partial charge in [0.25, 0.3) is 5.91 Å². The van der Waals surface area contributed by atoms with Gasteiger partial charge in [0.2, 0.25) is 0 Å². The average molecular weight is 372 g/mol. The van der Waals surface area contributed by atoms with Gasteiger partial charge in [0.1, 0.15) is 0 Å². The van der Waals surface area contributed by atoms with Gasteiger partial charge in [-0.3, -0.25) is 9.69 Å². The number of carbonyl (C=O) groups excluding carboxylic acids is 1. The number of benzene rings is 1. The molecule has 3 fully saturated rings. The van der Waals surface area contributed by atoms with Crippen LogP contribution in [0.15, 0.2) is 30.3 Å². The number of hydrogen-bond donors (Lipinski definition) is 2. The second-order valence-corrected chi connectivity index (χ2v) is 8.87. The van der Waals surface area contributed by atoms with Crippen molar-refractivity contribution in [2.45, 2.75) is 44.1 Å². The number of piperidine rings is 2. The molecule has 5 heteroatoms. The Balaban J connectivity index is 1.35. The van der Waals surface area contributed by atoms with Crippen molar-refractivity contribution in [1.82, 2.24) is 15.1 Å². The lowest BCUT2D eigenvalue weighted by atomic mass is 9.78. The third-order valence-corrected chi connectivity index (χ3v) is 6.88. The predicted molar refractivity (Wildman–Crippen MR) is 107 cm³/mol. The summed E-state index contributed by atoms with van der Waals surface area (Å²) >= 11 is 0. The number of rotatable bonds is 5. The standard InChI is InChI=1S/C22H33N3O2/c26-20-22(27,18-24-16-11-21(17-24)9-12-23-13-10-21)8-4-14-25(20)15-7-19-5-2-1-3-6-19/h1-3,5-6,23,27H,4,7-18H2/t22-/m0/s1. The average Bonchev–Trinajstić information content (AvgIpc) is 3.06. The molecule has 3 saturated heterocycles. The van der Waals surface area contributed by atoms with Crippen molar-refractivity contribution in [3.05, 3.63) is 35.9 Å². The van der Waals surface area contributed by atoms with Gasteiger partial charge in [-0.15, -0.1) is 0 Å². The van der Waals surface area contributed by atoms with E-state index in [2.05, 4.69) is 22.3 Å². The van der Waals surface area contributed by atoms with E-state index < -0.39 is 5.60 Å². The fourth-order valence-electron chi connectivity index (χ4n) is 5.23. The van der Waals surface area contributed by atoms with Crippen LogP contribution < -0.4 is 5.32 Å². The molecule has 1 aromatic carbocycles. The number of β-amino-alcohol motifs (C(OH)–C–C–N with tert-alkyl or cyclic N) is 1. The van der Waals surface area contributed by atoms with Gasteiger partial charge >= 0.3 is 0 Å². The number of aliphatic hydroxyl groups is 1. The third kappa shape index (κ3) is 4.20. The van der Waals surface area contributed by atoms with Crippen LogP contribution in [0.5, 0.6) is 0 Å². The molecule has 0 bridgehead atoms. The Morgan fingerprint density at radius 2 is 1.81 bits per heavy atom. The number of amides is 1. The molecule has 4 rings (SSSR count). The van der Waals surface area contributed by atoms with Gasteiger partial charge < -0.3 is 15.3 Å². The van der Waals surface area contributed by atoms with Gasteiger partial charge in [0, 0.05) is 26.2 Å². The van der Waals surface area contributed by atoms with Crippen LogP contribution >= 0.6 is 0 Å². The number of nitrogens with zero attached hydrogens (tertiary/aromatic N) is 2. The van der Waals surface area contributed by atoms with E-state index in [0.29, 0.717) is 24.9 Å². The molecule has 0 saturated carbocycles. The summed E-state index contributed by atoms with van der Waals surface area (Å²) < 4.78 is 0. The fraction of sp³-hybridized carbons (Fsp3) is 0.682. The maximum atomic E-state index is 13.1. The van der Waals surface area contributed by atoms with Crippen molar-refractivity contribution >= 4 is 5.91 Å². The zero-order chi connectivity index (χ0) is 18.7. The second-order valence-electron chi connectivity index (χ2n) is 8.87. The summed E-state index contributed by atoms with van der Waals surface area (Å²) in [6.07, 6.45) is 5.98. The lowest BCUT2D eigenvalue weighted by Gasteiger charge is -2.41. The van der Waals surface area contributed by atoms with Crippen LogP contribution in [0.1, 0.15) is 37.7 Å². The molecule has 3 aliphatic heterocycles. The highest BCUT2D eigenvalue weighted by Crippen LogP contribution is 2.39. The maximum Gasteiger partial charge on any atom is 0.255 e. The van der Waals surface area contributed by atoms with Crippen molar-refractivity contribution < 1.29 is 9.90 Å². The van der Waals surface area contributed by atoms with Gasteiger partial charge in [-0.05, 0) is 69.1 Å². The molecule has 5 nitrogen and oxygen atoms in total. The first kappa shape index (κ1) is 18.9. The van der Waals surface area contributed by atoms with Crippen LogP contribution in [0, 0.1) is 5.41 Å². The Bertz CT molecular complexity index is 644. The van der Waals surface area contributed by atoms with Crippen LogP contribution in [-0.4, -0.2) is 72.2 Å². The summed E-state index contributed by atoms with van der Waals surface area (Å²) in [4.78, 5) is 17.3. The smallest absolute Gasteiger partial charge is 0.255 e. The monoisotopic (exact) mass is 371 g/mol. The molecule has 1 amide bonds. The van der Waals surface area contributed by atoms with Crippen LogP contribution in [0.4, 0.5) is 0 Å². The van der Waals surface area contributed by atoms with Gasteiger partial charge in [-0.2, -0.15) is 0 Å². The van der Waals surface area contributed by atoms with E-state index in [1.165, 1.54) is 24.8 Å². The molecule has 0 radical (unpaired) electrons. The van der Waals surface area contributed by atoms with E-state index in [9.17, 15) is 9.90 Å². The van der Waals surface area contributed by atoms with E-state index in [1.807, 2.05) is 23.1 Å². The molecule has 2 N–H and O–H groups in total. The molecule has 3 aliphatic rings. The number of likely N-dealkylation sites (tertiary alicyclic amines) is 2. The summed E-state index contributed by atoms with van der Waals surface area (Å²) in [5.41, 5.74) is 0.450. The minimum Gasteiger partial charge on any atom is -0.379 e. The zero-order valence-electron chi connectivity index (χ0n) is 16.3. The number of nitrogens with one attached hydrogen (secondary N) is 1. The van der Waals surface area contributed by atoms with Crippen LogP contribution in [0.25, 0.3) is 0 Å². The normalized spacial score (nSPS) is 28.8. The van der Waals surface area contributed by atoms with Crippen LogP contribution in [0.2, 0.25) is 0 Å². The minimum absolute atomic E-state index is 0.0593. The molecule has 3 heterocycles. The Labute approximate surface area is 162 Å². The van der Waals surface area contributed by atoms with Crippen LogP contribution in [-0.2, 0) is 11.2 Å². The zero-order valence-corrected chi connectivity index (χ0v) is 16.3. The predicted octanol–water partition coefficient (Wildman–Crippen LogP) is 1.66. The first-order valence-electron chi connectivity index (χ1n) is 10.6. The molecule has 1 aromatic rings. The van der Waals surface area contributed by atoms with Gasteiger partial charge in [0.05, 0.1) is 0 Å². The van der Waals surface area contributed by atoms with E-state index in [-0.39, 0.29) is 5.91 Å². The van der Waals surface area contributed by atoms with Crippen molar-refractivity contribution in [3.63, 3.8) is 0 Å². The molecule has 148 valence electrons. The number of carbonyl (C=O) groups is 1. The quantitative estimate of drug-likeness (QED) is 0.827. The molecule has 1 spiro atoms. The van der Waals surface area contributed by atoms with Gasteiger partial charge in [-0.1, -0.05) is 30.3 Å². The van der Waals surface area contributed by atoms with E-state index in [0.717, 1.165) is 45.6 Å². The minimum atomic E-state index is -1.20. The second kappa shape index (κ2) is 7.90. The highest BCUT2D eigenvalue weighted by Gasteiger charge is 2.46. The summed E-state index contributed by atoms with van der Waals surface area (Å²) in [5, 5.41) is 14.7. The van der Waals surface area contributed by atoms with Crippen molar-refractivity contribution in [2.24, 2.45) is 5.41 Å². The molecular weight excluding hydrogens is 338 g/mol. The molecule has 0 unspecified atom stereocenters. The Morgan fingerprint density at radius 1 is 1.04 bits per heavy atom. The fourth-order valence-corrected chi connectivity index (χ4v) is 5.23. The Morgan fingerprint density at radius 3 is 2.59 bits per heavy atom. The van der Waals surface area contributed by atoms with Gasteiger partial charge in [-0.25, -0.2) is 0 Å². The van der Waals surface area contributed by atoms with E-state index in [1.54, 1.807) is 0 Å². The highest BCUT2D eigenvalue weighted by atomic mass is 16.3. The molecular formula is C22H33N3O2. The highest BCUT2D eigenvalue weighted by molar-refractivity contribution is 5.86. The maximum absolute atomic E-state index is 13.1. The van der Waals surface area contributed by atoms with E-state index >= 15 is 0 Å². The molecule has 0 aromatic heterocycles. The summed E-state index contributed by atoms with van der Waals surface area (Å²) in [5.74, 6) is -0.0593. The topological polar surface area (TPSA) is 55.8 Å². The van der Waals surface area contributed by atoms with Crippen molar-refractivity contribution in [3.8, 4) is 0 Å².